The zero-order valence-corrected chi connectivity index (χ0v) is 12.2. The van der Waals surface area contributed by atoms with Gasteiger partial charge in [0.05, 0.1) is 17.6 Å². The van der Waals surface area contributed by atoms with Crippen LogP contribution in [0.3, 0.4) is 0 Å². The van der Waals surface area contributed by atoms with Crippen molar-refractivity contribution in [2.24, 2.45) is 0 Å². The highest BCUT2D eigenvalue weighted by Crippen LogP contribution is 2.16. The van der Waals surface area contributed by atoms with Gasteiger partial charge in [0.15, 0.2) is 0 Å². The Hall–Kier alpha value is -1.36. The monoisotopic (exact) mass is 283 g/mol. The van der Waals surface area contributed by atoms with E-state index < -0.39 is 5.60 Å². The maximum Gasteiger partial charge on any atom is 0.410 e. The summed E-state index contributed by atoms with van der Waals surface area (Å²) in [6, 6.07) is 0. The van der Waals surface area contributed by atoms with E-state index in [1.165, 1.54) is 0 Å². The Morgan fingerprint density at radius 2 is 1.95 bits per heavy atom. The maximum atomic E-state index is 12.0. The molecule has 0 saturated carbocycles. The van der Waals surface area contributed by atoms with Crippen molar-refractivity contribution in [2.45, 2.75) is 39.2 Å². The summed E-state index contributed by atoms with van der Waals surface area (Å²) in [7, 11) is 0. The summed E-state index contributed by atoms with van der Waals surface area (Å²) in [4.78, 5) is 22.3. The van der Waals surface area contributed by atoms with Crippen LogP contribution in [0.25, 0.3) is 0 Å². The number of fused-ring (bicyclic) bond motifs is 1. The summed E-state index contributed by atoms with van der Waals surface area (Å²) in [5.74, 6) is 0. The Balaban J connectivity index is 2.05. The summed E-state index contributed by atoms with van der Waals surface area (Å²) in [6.07, 6.45) is 2.59. The van der Waals surface area contributed by atoms with E-state index in [2.05, 4.69) is 9.97 Å². The summed E-state index contributed by atoms with van der Waals surface area (Å²) >= 11 is 5.84. The highest BCUT2D eigenvalue weighted by molar-refractivity contribution is 6.29. The highest BCUT2D eigenvalue weighted by atomic mass is 35.5. The highest BCUT2D eigenvalue weighted by Gasteiger charge is 2.24. The van der Waals surface area contributed by atoms with E-state index in [0.29, 0.717) is 31.1 Å². The van der Waals surface area contributed by atoms with Crippen LogP contribution in [0.1, 0.15) is 32.2 Å². The smallest absolute Gasteiger partial charge is 0.410 e. The van der Waals surface area contributed by atoms with Crippen LogP contribution in [-0.4, -0.2) is 39.7 Å². The number of halogens is 1. The van der Waals surface area contributed by atoms with Crippen molar-refractivity contribution in [1.82, 2.24) is 14.9 Å². The molecule has 2 heterocycles. The van der Waals surface area contributed by atoms with Crippen molar-refractivity contribution < 1.29 is 9.53 Å². The second-order valence-electron chi connectivity index (χ2n) is 5.55. The summed E-state index contributed by atoms with van der Waals surface area (Å²) in [5, 5.41) is 0.393. The largest absolute Gasteiger partial charge is 0.444 e. The molecule has 2 rings (SSSR count). The molecule has 1 aliphatic heterocycles. The summed E-state index contributed by atoms with van der Waals surface area (Å²) < 4.78 is 5.38. The number of amides is 1. The van der Waals surface area contributed by atoms with Gasteiger partial charge in [0, 0.05) is 25.9 Å². The van der Waals surface area contributed by atoms with E-state index in [4.69, 9.17) is 16.3 Å². The Morgan fingerprint density at radius 1 is 1.32 bits per heavy atom. The van der Waals surface area contributed by atoms with Crippen LogP contribution in [-0.2, 0) is 17.6 Å². The lowest BCUT2D eigenvalue weighted by atomic mass is 10.2. The third kappa shape index (κ3) is 3.80. The van der Waals surface area contributed by atoms with E-state index in [1.807, 2.05) is 20.8 Å². The minimum atomic E-state index is -0.476. The molecule has 19 heavy (non-hydrogen) atoms. The van der Waals surface area contributed by atoms with Gasteiger partial charge in [0.25, 0.3) is 0 Å². The zero-order chi connectivity index (χ0) is 14.0. The molecule has 0 spiro atoms. The van der Waals surface area contributed by atoms with E-state index >= 15 is 0 Å². The molecule has 0 fully saturated rings. The fourth-order valence-electron chi connectivity index (χ4n) is 1.94. The first kappa shape index (κ1) is 14.1. The van der Waals surface area contributed by atoms with Gasteiger partial charge in [0.2, 0.25) is 0 Å². The molecule has 1 aromatic rings. The first-order chi connectivity index (χ1) is 8.85. The number of hydrogen-bond acceptors (Lipinski definition) is 4. The van der Waals surface area contributed by atoms with Crippen LogP contribution >= 0.6 is 11.6 Å². The minimum Gasteiger partial charge on any atom is -0.444 e. The van der Waals surface area contributed by atoms with Crippen LogP contribution in [0, 0.1) is 0 Å². The quantitative estimate of drug-likeness (QED) is 0.734. The summed E-state index contributed by atoms with van der Waals surface area (Å²) in [5.41, 5.74) is 1.31. The Kier molecular flexibility index (Phi) is 3.94. The number of hydrogen-bond donors (Lipinski definition) is 0. The molecule has 0 atom stereocenters. The van der Waals surface area contributed by atoms with Crippen molar-refractivity contribution in [3.63, 3.8) is 0 Å². The van der Waals surface area contributed by atoms with Crippen LogP contribution in [0.15, 0.2) is 6.20 Å². The van der Waals surface area contributed by atoms with Gasteiger partial charge in [0.1, 0.15) is 10.8 Å². The first-order valence-electron chi connectivity index (χ1n) is 6.33. The van der Waals surface area contributed by atoms with Gasteiger partial charge >= 0.3 is 6.09 Å². The molecule has 0 radical (unpaired) electrons. The molecule has 0 aliphatic carbocycles. The first-order valence-corrected chi connectivity index (χ1v) is 6.71. The number of rotatable bonds is 0. The van der Waals surface area contributed by atoms with Gasteiger partial charge in [-0.25, -0.2) is 9.78 Å². The third-order valence-corrected chi connectivity index (χ3v) is 2.97. The lowest BCUT2D eigenvalue weighted by Gasteiger charge is -2.26. The number of nitrogens with zero attached hydrogens (tertiary/aromatic N) is 3. The number of carbonyl (C=O) groups is 1. The molecule has 104 valence electrons. The van der Waals surface area contributed by atoms with Gasteiger partial charge in [-0.2, -0.15) is 0 Å². The molecular formula is C13H18ClN3O2. The predicted octanol–water partition coefficient (Wildman–Crippen LogP) is 2.47. The molecule has 6 heteroatoms. The third-order valence-electron chi connectivity index (χ3n) is 2.79. The average Bonchev–Trinajstić information content (AvgIpc) is 2.48. The molecule has 0 unspecified atom stereocenters. The molecule has 0 aromatic carbocycles. The van der Waals surface area contributed by atoms with Gasteiger partial charge in [-0.05, 0) is 20.8 Å². The van der Waals surface area contributed by atoms with E-state index in [0.717, 1.165) is 11.4 Å². The predicted molar refractivity (Wildman–Crippen MR) is 72.3 cm³/mol. The van der Waals surface area contributed by atoms with Crippen molar-refractivity contribution >= 4 is 17.7 Å². The average molecular weight is 284 g/mol. The van der Waals surface area contributed by atoms with Crippen LogP contribution in [0.4, 0.5) is 4.79 Å². The van der Waals surface area contributed by atoms with Crippen molar-refractivity contribution in [3.05, 3.63) is 22.7 Å². The number of aromatic nitrogens is 2. The topological polar surface area (TPSA) is 55.3 Å². The lowest BCUT2D eigenvalue weighted by Crippen LogP contribution is -2.38. The molecule has 1 aromatic heterocycles. The molecule has 1 aliphatic rings. The number of carbonyl (C=O) groups excluding carboxylic acids is 1. The molecule has 0 saturated heterocycles. The zero-order valence-electron chi connectivity index (χ0n) is 11.4. The fraction of sp³-hybridized carbons (Fsp3) is 0.615. The standard InChI is InChI=1S/C13H18ClN3O2/c1-13(2,3)19-12(18)17-6-4-9-10(5-7-17)16-11(14)8-15-9/h8H,4-7H2,1-3H3. The van der Waals surface area contributed by atoms with Crippen LogP contribution in [0.5, 0.6) is 0 Å². The van der Waals surface area contributed by atoms with Crippen molar-refractivity contribution in [1.29, 1.82) is 0 Å². The minimum absolute atomic E-state index is 0.286. The number of ether oxygens (including phenoxy) is 1. The van der Waals surface area contributed by atoms with Gasteiger partial charge in [-0.3, -0.25) is 4.98 Å². The molecular weight excluding hydrogens is 266 g/mol. The van der Waals surface area contributed by atoms with Crippen molar-refractivity contribution in [2.75, 3.05) is 13.1 Å². The normalized spacial score (nSPS) is 15.7. The summed E-state index contributed by atoms with van der Waals surface area (Å²) in [6.45, 7) is 6.76. The van der Waals surface area contributed by atoms with Gasteiger partial charge in [-0.1, -0.05) is 11.6 Å². The van der Waals surface area contributed by atoms with E-state index in [1.54, 1.807) is 11.1 Å². The van der Waals surface area contributed by atoms with Crippen LogP contribution < -0.4 is 0 Å². The molecule has 1 amide bonds. The molecule has 0 N–H and O–H groups in total. The van der Waals surface area contributed by atoms with Crippen LogP contribution in [0.2, 0.25) is 5.15 Å². The second-order valence-corrected chi connectivity index (χ2v) is 5.94. The SMILES string of the molecule is CC(C)(C)OC(=O)N1CCc2ncc(Cl)nc2CC1. The Labute approximate surface area is 117 Å². The lowest BCUT2D eigenvalue weighted by molar-refractivity contribution is 0.0258. The molecule has 5 nitrogen and oxygen atoms in total. The van der Waals surface area contributed by atoms with Gasteiger partial charge in [-0.15, -0.1) is 0 Å². The van der Waals surface area contributed by atoms with E-state index in [-0.39, 0.29) is 6.09 Å². The van der Waals surface area contributed by atoms with Crippen molar-refractivity contribution in [3.8, 4) is 0 Å². The van der Waals surface area contributed by atoms with Gasteiger partial charge < -0.3 is 9.64 Å². The Bertz CT molecular complexity index is 485. The fourth-order valence-corrected chi connectivity index (χ4v) is 2.09. The Morgan fingerprint density at radius 3 is 2.58 bits per heavy atom. The molecule has 0 bridgehead atoms. The van der Waals surface area contributed by atoms with E-state index in [9.17, 15) is 4.79 Å². The second kappa shape index (κ2) is 5.33. The maximum absolute atomic E-state index is 12.0.